The van der Waals surface area contributed by atoms with E-state index in [1.54, 1.807) is 12.1 Å². The van der Waals surface area contributed by atoms with Crippen LogP contribution in [0.15, 0.2) is 46.6 Å². The standard InChI is InChI=1S/C18H14Cl2N2O4S/c1-25-17(23)14(18(24)26-2)12-8-21-15(9-5-3-4-6-11(9)19)10-7-13(20)27-16(10)22-12/h3-7,22H,8H2,1-2H3. The van der Waals surface area contributed by atoms with Gasteiger partial charge in [0.15, 0.2) is 5.57 Å². The lowest BCUT2D eigenvalue weighted by Crippen LogP contribution is -2.22. The van der Waals surface area contributed by atoms with Crippen molar-refractivity contribution in [3.8, 4) is 0 Å². The minimum Gasteiger partial charge on any atom is -0.465 e. The van der Waals surface area contributed by atoms with Crippen molar-refractivity contribution in [3.63, 3.8) is 0 Å². The molecular weight excluding hydrogens is 411 g/mol. The molecule has 1 N–H and O–H groups in total. The molecule has 3 rings (SSSR count). The van der Waals surface area contributed by atoms with Crippen LogP contribution in [0.25, 0.3) is 0 Å². The number of thiophene rings is 1. The Labute approximate surface area is 169 Å². The molecule has 1 aliphatic rings. The molecule has 2 aromatic rings. The highest BCUT2D eigenvalue weighted by Gasteiger charge is 2.29. The van der Waals surface area contributed by atoms with Crippen LogP contribution in [0.1, 0.15) is 11.1 Å². The molecule has 27 heavy (non-hydrogen) atoms. The molecule has 0 saturated heterocycles. The third kappa shape index (κ3) is 3.85. The lowest BCUT2D eigenvalue weighted by molar-refractivity contribution is -0.144. The van der Waals surface area contributed by atoms with Crippen LogP contribution < -0.4 is 5.32 Å². The number of rotatable bonds is 3. The number of carbonyl (C=O) groups is 2. The monoisotopic (exact) mass is 424 g/mol. The van der Waals surface area contributed by atoms with Gasteiger partial charge in [0.05, 0.1) is 36.5 Å². The van der Waals surface area contributed by atoms with Gasteiger partial charge in [0.1, 0.15) is 5.00 Å². The van der Waals surface area contributed by atoms with Crippen LogP contribution >= 0.6 is 34.5 Å². The zero-order valence-electron chi connectivity index (χ0n) is 14.3. The van der Waals surface area contributed by atoms with Gasteiger partial charge in [-0.05, 0) is 12.1 Å². The summed E-state index contributed by atoms with van der Waals surface area (Å²) < 4.78 is 9.97. The van der Waals surface area contributed by atoms with Gasteiger partial charge in [0, 0.05) is 16.1 Å². The average Bonchev–Trinajstić information content (AvgIpc) is 2.94. The fourth-order valence-corrected chi connectivity index (χ4v) is 3.99. The van der Waals surface area contributed by atoms with Gasteiger partial charge < -0.3 is 14.8 Å². The van der Waals surface area contributed by atoms with Gasteiger partial charge in [0.2, 0.25) is 0 Å². The first-order chi connectivity index (χ1) is 13.0. The number of hydrogen-bond acceptors (Lipinski definition) is 7. The summed E-state index contributed by atoms with van der Waals surface area (Å²) in [4.78, 5) is 28.9. The number of carbonyl (C=O) groups excluding carboxylic acids is 2. The maximum atomic E-state index is 12.1. The summed E-state index contributed by atoms with van der Waals surface area (Å²) in [5.41, 5.74) is 2.06. The minimum atomic E-state index is -0.815. The zero-order valence-corrected chi connectivity index (χ0v) is 16.7. The maximum absolute atomic E-state index is 12.1. The summed E-state index contributed by atoms with van der Waals surface area (Å²) >= 11 is 13.8. The number of methoxy groups -OCH3 is 2. The van der Waals surface area contributed by atoms with Crippen molar-refractivity contribution in [1.82, 2.24) is 0 Å². The number of ether oxygens (including phenoxy) is 2. The van der Waals surface area contributed by atoms with E-state index in [0.29, 0.717) is 20.1 Å². The first-order valence-electron chi connectivity index (χ1n) is 7.72. The number of benzene rings is 1. The van der Waals surface area contributed by atoms with Crippen molar-refractivity contribution in [2.45, 2.75) is 0 Å². The molecule has 0 fully saturated rings. The molecule has 0 aliphatic carbocycles. The van der Waals surface area contributed by atoms with E-state index < -0.39 is 11.9 Å². The number of halogens is 2. The van der Waals surface area contributed by atoms with E-state index in [4.69, 9.17) is 32.7 Å². The Morgan fingerprint density at radius 1 is 1.11 bits per heavy atom. The van der Waals surface area contributed by atoms with Gasteiger partial charge in [-0.3, -0.25) is 4.99 Å². The molecule has 1 aliphatic heterocycles. The van der Waals surface area contributed by atoms with Gasteiger partial charge in [-0.1, -0.05) is 41.4 Å². The number of fused-ring (bicyclic) bond motifs is 1. The van der Waals surface area contributed by atoms with Crippen molar-refractivity contribution < 1.29 is 19.1 Å². The number of esters is 2. The summed E-state index contributed by atoms with van der Waals surface area (Å²) in [7, 11) is 2.38. The second-order valence-corrected chi connectivity index (χ2v) is 7.49. The Bertz CT molecular complexity index is 963. The molecular formula is C18H14Cl2N2O4S. The molecule has 0 amide bonds. The zero-order chi connectivity index (χ0) is 19.6. The Hall–Kier alpha value is -2.35. The molecule has 0 unspecified atom stereocenters. The number of nitrogens with one attached hydrogen (secondary N) is 1. The molecule has 140 valence electrons. The summed E-state index contributed by atoms with van der Waals surface area (Å²) in [6.45, 7) is 0.0269. The summed E-state index contributed by atoms with van der Waals surface area (Å²) in [5.74, 6) is -1.63. The largest absolute Gasteiger partial charge is 0.465 e. The van der Waals surface area contributed by atoms with Crippen LogP contribution in [0.4, 0.5) is 5.00 Å². The highest BCUT2D eigenvalue weighted by molar-refractivity contribution is 7.20. The van der Waals surface area contributed by atoms with E-state index in [1.807, 2.05) is 18.2 Å². The molecule has 2 heterocycles. The molecule has 6 nitrogen and oxygen atoms in total. The van der Waals surface area contributed by atoms with Crippen LogP contribution in [0, 0.1) is 0 Å². The Kier molecular flexibility index (Phi) is 5.84. The van der Waals surface area contributed by atoms with Crippen LogP contribution in [-0.4, -0.2) is 38.4 Å². The first kappa shape index (κ1) is 19.4. The molecule has 0 bridgehead atoms. The van der Waals surface area contributed by atoms with Crippen LogP contribution in [0.3, 0.4) is 0 Å². The van der Waals surface area contributed by atoms with Crippen molar-refractivity contribution in [1.29, 1.82) is 0 Å². The maximum Gasteiger partial charge on any atom is 0.347 e. The quantitative estimate of drug-likeness (QED) is 0.349. The highest BCUT2D eigenvalue weighted by atomic mass is 35.5. The number of aliphatic imine (C=N–C) groups is 1. The third-order valence-electron chi connectivity index (χ3n) is 3.83. The molecule has 1 aromatic carbocycles. The molecule has 0 radical (unpaired) electrons. The van der Waals surface area contributed by atoms with Crippen molar-refractivity contribution in [2.24, 2.45) is 4.99 Å². The topological polar surface area (TPSA) is 77.0 Å². The van der Waals surface area contributed by atoms with Gasteiger partial charge >= 0.3 is 11.9 Å². The number of nitrogens with zero attached hydrogens (tertiary/aromatic N) is 1. The van der Waals surface area contributed by atoms with Gasteiger partial charge in [-0.15, -0.1) is 11.3 Å². The van der Waals surface area contributed by atoms with E-state index in [1.165, 1.54) is 25.6 Å². The van der Waals surface area contributed by atoms with Crippen LogP contribution in [0.5, 0.6) is 0 Å². The summed E-state index contributed by atoms with van der Waals surface area (Å²) in [6.07, 6.45) is 0. The molecule has 1 aromatic heterocycles. The van der Waals surface area contributed by atoms with E-state index in [9.17, 15) is 9.59 Å². The second kappa shape index (κ2) is 8.12. The van der Waals surface area contributed by atoms with Gasteiger partial charge in [-0.2, -0.15) is 0 Å². The smallest absolute Gasteiger partial charge is 0.347 e. The SMILES string of the molecule is COC(=O)C(C(=O)OC)=C1CN=C(c2ccccc2Cl)c2cc(Cl)sc2N1. The summed E-state index contributed by atoms with van der Waals surface area (Å²) in [6, 6.07) is 9.03. The average molecular weight is 425 g/mol. The molecule has 0 atom stereocenters. The number of hydrogen-bond donors (Lipinski definition) is 1. The third-order valence-corrected chi connectivity index (χ3v) is 5.34. The Morgan fingerprint density at radius 2 is 1.78 bits per heavy atom. The fraction of sp³-hybridized carbons (Fsp3) is 0.167. The second-order valence-electron chi connectivity index (χ2n) is 5.40. The Balaban J connectivity index is 2.21. The molecule has 9 heteroatoms. The predicted molar refractivity (Wildman–Crippen MR) is 106 cm³/mol. The number of anilines is 1. The van der Waals surface area contributed by atoms with Crippen molar-refractivity contribution in [3.05, 3.63) is 62.1 Å². The fourth-order valence-electron chi connectivity index (χ4n) is 2.61. The normalized spacial score (nSPS) is 13.0. The molecule has 0 spiro atoms. The lowest BCUT2D eigenvalue weighted by atomic mass is 10.0. The van der Waals surface area contributed by atoms with Crippen molar-refractivity contribution >= 4 is 57.2 Å². The highest BCUT2D eigenvalue weighted by Crippen LogP contribution is 2.37. The molecule has 0 saturated carbocycles. The minimum absolute atomic E-state index is 0.0269. The van der Waals surface area contributed by atoms with Gasteiger partial charge in [-0.25, -0.2) is 9.59 Å². The van der Waals surface area contributed by atoms with Crippen molar-refractivity contribution in [2.75, 3.05) is 26.1 Å². The summed E-state index contributed by atoms with van der Waals surface area (Å²) in [5, 5.41) is 4.25. The predicted octanol–water partition coefficient (Wildman–Crippen LogP) is 3.92. The van der Waals surface area contributed by atoms with Crippen LogP contribution in [0.2, 0.25) is 9.36 Å². The lowest BCUT2D eigenvalue weighted by Gasteiger charge is -2.11. The van der Waals surface area contributed by atoms with Gasteiger partial charge in [0.25, 0.3) is 0 Å². The van der Waals surface area contributed by atoms with E-state index >= 15 is 0 Å². The van der Waals surface area contributed by atoms with Crippen LogP contribution in [-0.2, 0) is 19.1 Å². The van der Waals surface area contributed by atoms with E-state index in [2.05, 4.69) is 10.3 Å². The van der Waals surface area contributed by atoms with E-state index in [-0.39, 0.29) is 17.8 Å². The Morgan fingerprint density at radius 3 is 2.41 bits per heavy atom. The van der Waals surface area contributed by atoms with E-state index in [0.717, 1.165) is 11.1 Å². The first-order valence-corrected chi connectivity index (χ1v) is 9.29.